The molecule has 1 atom stereocenters. The van der Waals surface area contributed by atoms with Crippen molar-refractivity contribution in [2.24, 2.45) is 5.41 Å². The molecule has 1 saturated heterocycles. The van der Waals surface area contributed by atoms with E-state index in [9.17, 15) is 4.79 Å². The van der Waals surface area contributed by atoms with Crippen LogP contribution in [-0.2, 0) is 14.3 Å². The van der Waals surface area contributed by atoms with E-state index < -0.39 is 11.4 Å². The molecule has 1 unspecified atom stereocenters. The third kappa shape index (κ3) is 3.44. The van der Waals surface area contributed by atoms with Crippen molar-refractivity contribution < 1.29 is 24.5 Å². The second-order valence-electron chi connectivity index (χ2n) is 3.83. The van der Waals surface area contributed by atoms with Crippen LogP contribution in [0.1, 0.15) is 19.3 Å². The number of hydrogen-bond acceptors (Lipinski definition) is 4. The molecule has 1 fully saturated rings. The fourth-order valence-corrected chi connectivity index (χ4v) is 1.76. The zero-order chi connectivity index (χ0) is 11.1. The number of rotatable bonds is 6. The summed E-state index contributed by atoms with van der Waals surface area (Å²) in [4.78, 5) is 11.2. The maximum Gasteiger partial charge on any atom is 0.312 e. The van der Waals surface area contributed by atoms with E-state index in [0.29, 0.717) is 26.1 Å². The molecule has 0 aliphatic carbocycles. The summed E-state index contributed by atoms with van der Waals surface area (Å²) in [5, 5.41) is 17.7. The number of ether oxygens (including phenoxy) is 2. The molecular formula is C10H18O5. The van der Waals surface area contributed by atoms with Crippen LogP contribution in [0.3, 0.4) is 0 Å². The molecule has 1 aliphatic rings. The summed E-state index contributed by atoms with van der Waals surface area (Å²) in [6.45, 7) is 1.50. The Kier molecular flexibility index (Phi) is 5.01. The predicted octanol–water partition coefficient (Wildman–Crippen LogP) is 0.267. The van der Waals surface area contributed by atoms with Crippen molar-refractivity contribution in [2.75, 3.05) is 33.0 Å². The first-order valence-corrected chi connectivity index (χ1v) is 5.21. The molecule has 5 heteroatoms. The Morgan fingerprint density at radius 1 is 1.47 bits per heavy atom. The summed E-state index contributed by atoms with van der Waals surface area (Å²) in [5.41, 5.74) is -0.784. The predicted molar refractivity (Wildman–Crippen MR) is 52.6 cm³/mol. The van der Waals surface area contributed by atoms with Crippen LogP contribution < -0.4 is 0 Å². The fourth-order valence-electron chi connectivity index (χ4n) is 1.76. The molecule has 5 nitrogen and oxygen atoms in total. The highest BCUT2D eigenvalue weighted by molar-refractivity contribution is 5.74. The van der Waals surface area contributed by atoms with Crippen LogP contribution in [-0.4, -0.2) is 49.2 Å². The van der Waals surface area contributed by atoms with E-state index >= 15 is 0 Å². The van der Waals surface area contributed by atoms with E-state index in [4.69, 9.17) is 19.7 Å². The summed E-state index contributed by atoms with van der Waals surface area (Å²) < 4.78 is 10.3. The third-order valence-corrected chi connectivity index (χ3v) is 2.74. The normalized spacial score (nSPS) is 26.5. The minimum Gasteiger partial charge on any atom is -0.481 e. The van der Waals surface area contributed by atoms with Gasteiger partial charge in [-0.3, -0.25) is 4.79 Å². The summed E-state index contributed by atoms with van der Waals surface area (Å²) in [7, 11) is 0. The van der Waals surface area contributed by atoms with Gasteiger partial charge in [-0.05, 0) is 19.3 Å². The van der Waals surface area contributed by atoms with Gasteiger partial charge in [0.15, 0.2) is 0 Å². The van der Waals surface area contributed by atoms with Gasteiger partial charge in [0.1, 0.15) is 0 Å². The van der Waals surface area contributed by atoms with Crippen LogP contribution in [0, 0.1) is 5.41 Å². The van der Waals surface area contributed by atoms with Gasteiger partial charge in [-0.25, -0.2) is 0 Å². The Morgan fingerprint density at radius 2 is 2.27 bits per heavy atom. The van der Waals surface area contributed by atoms with Crippen molar-refractivity contribution in [3.63, 3.8) is 0 Å². The highest BCUT2D eigenvalue weighted by atomic mass is 16.5. The molecule has 0 aromatic rings. The number of aliphatic carboxylic acids is 1. The maximum absolute atomic E-state index is 11.2. The van der Waals surface area contributed by atoms with Crippen molar-refractivity contribution in [3.05, 3.63) is 0 Å². The lowest BCUT2D eigenvalue weighted by molar-refractivity contribution is -0.159. The van der Waals surface area contributed by atoms with Crippen molar-refractivity contribution >= 4 is 5.97 Å². The number of carbonyl (C=O) groups is 1. The van der Waals surface area contributed by atoms with Crippen molar-refractivity contribution in [2.45, 2.75) is 19.3 Å². The lowest BCUT2D eigenvalue weighted by Gasteiger charge is -2.32. The summed E-state index contributed by atoms with van der Waals surface area (Å²) in [6, 6.07) is 0. The highest BCUT2D eigenvalue weighted by Crippen LogP contribution is 2.32. The minimum atomic E-state index is -0.810. The third-order valence-electron chi connectivity index (χ3n) is 2.74. The molecular weight excluding hydrogens is 200 g/mol. The number of aliphatic hydroxyl groups is 1. The van der Waals surface area contributed by atoms with Crippen LogP contribution in [0.25, 0.3) is 0 Å². The van der Waals surface area contributed by atoms with Gasteiger partial charge in [-0.15, -0.1) is 0 Å². The molecule has 0 aromatic heterocycles. The van der Waals surface area contributed by atoms with Crippen molar-refractivity contribution in [1.29, 1.82) is 0 Å². The van der Waals surface area contributed by atoms with Gasteiger partial charge in [0.2, 0.25) is 0 Å². The Bertz CT molecular complexity index is 198. The van der Waals surface area contributed by atoms with Crippen LogP contribution in [0.15, 0.2) is 0 Å². The van der Waals surface area contributed by atoms with E-state index in [1.807, 2.05) is 0 Å². The van der Waals surface area contributed by atoms with Crippen LogP contribution in [0.5, 0.6) is 0 Å². The van der Waals surface area contributed by atoms with Crippen molar-refractivity contribution in [3.8, 4) is 0 Å². The first-order valence-electron chi connectivity index (χ1n) is 5.21. The molecule has 0 bridgehead atoms. The topological polar surface area (TPSA) is 76.0 Å². The molecule has 0 aromatic carbocycles. The summed E-state index contributed by atoms with van der Waals surface area (Å²) in [6.07, 6.45) is 1.87. The number of carboxylic acid groups (broad SMARTS) is 1. The quantitative estimate of drug-likeness (QED) is 0.626. The van der Waals surface area contributed by atoms with Gasteiger partial charge < -0.3 is 19.7 Å². The maximum atomic E-state index is 11.2. The molecule has 1 rings (SSSR count). The van der Waals surface area contributed by atoms with Crippen molar-refractivity contribution in [1.82, 2.24) is 0 Å². The first kappa shape index (κ1) is 12.4. The van der Waals surface area contributed by atoms with Gasteiger partial charge in [0.05, 0.1) is 25.2 Å². The largest absolute Gasteiger partial charge is 0.481 e. The molecule has 0 radical (unpaired) electrons. The summed E-state index contributed by atoms with van der Waals surface area (Å²) >= 11 is 0. The standard InChI is InChI=1S/C10H18O5/c11-4-7-14-6-3-10(9(12)13)2-1-5-15-8-10/h11H,1-8H2,(H,12,13). The van der Waals surface area contributed by atoms with E-state index in [-0.39, 0.29) is 19.8 Å². The van der Waals surface area contributed by atoms with E-state index in [1.165, 1.54) is 0 Å². The first-order chi connectivity index (χ1) is 7.21. The lowest BCUT2D eigenvalue weighted by atomic mass is 9.80. The Balaban J connectivity index is 2.39. The average molecular weight is 218 g/mol. The van der Waals surface area contributed by atoms with Crippen LogP contribution >= 0.6 is 0 Å². The number of hydrogen-bond donors (Lipinski definition) is 2. The molecule has 1 aliphatic heterocycles. The van der Waals surface area contributed by atoms with Gasteiger partial charge in [0.25, 0.3) is 0 Å². The lowest BCUT2D eigenvalue weighted by Crippen LogP contribution is -2.40. The molecule has 1 heterocycles. The number of aliphatic hydroxyl groups excluding tert-OH is 1. The molecule has 15 heavy (non-hydrogen) atoms. The van der Waals surface area contributed by atoms with E-state index in [2.05, 4.69) is 0 Å². The molecule has 0 amide bonds. The van der Waals surface area contributed by atoms with Gasteiger partial charge in [0, 0.05) is 13.2 Å². The Labute approximate surface area is 89.0 Å². The molecule has 2 N–H and O–H groups in total. The SMILES string of the molecule is O=C(O)C1(CCOCCO)CCCOC1. The Morgan fingerprint density at radius 3 is 2.80 bits per heavy atom. The fraction of sp³-hybridized carbons (Fsp3) is 0.900. The second kappa shape index (κ2) is 6.05. The highest BCUT2D eigenvalue weighted by Gasteiger charge is 2.40. The second-order valence-corrected chi connectivity index (χ2v) is 3.83. The average Bonchev–Trinajstić information content (AvgIpc) is 2.26. The zero-order valence-corrected chi connectivity index (χ0v) is 8.78. The van der Waals surface area contributed by atoms with E-state index in [1.54, 1.807) is 0 Å². The number of carboxylic acids is 1. The molecule has 88 valence electrons. The molecule has 0 saturated carbocycles. The smallest absolute Gasteiger partial charge is 0.312 e. The van der Waals surface area contributed by atoms with Gasteiger partial charge in [-0.1, -0.05) is 0 Å². The van der Waals surface area contributed by atoms with Crippen LogP contribution in [0.4, 0.5) is 0 Å². The minimum absolute atomic E-state index is 0.0312. The zero-order valence-electron chi connectivity index (χ0n) is 8.78. The van der Waals surface area contributed by atoms with Gasteiger partial charge in [-0.2, -0.15) is 0 Å². The van der Waals surface area contributed by atoms with Crippen LogP contribution in [0.2, 0.25) is 0 Å². The van der Waals surface area contributed by atoms with Gasteiger partial charge >= 0.3 is 5.97 Å². The Hall–Kier alpha value is -0.650. The summed E-state index contributed by atoms with van der Waals surface area (Å²) in [5.74, 6) is -0.810. The molecule has 0 spiro atoms. The monoisotopic (exact) mass is 218 g/mol. The van der Waals surface area contributed by atoms with E-state index in [0.717, 1.165) is 6.42 Å².